The van der Waals surface area contributed by atoms with Crippen molar-refractivity contribution in [3.63, 3.8) is 0 Å². The number of H-pyrrole nitrogens is 1. The lowest BCUT2D eigenvalue weighted by Crippen LogP contribution is -2.47. The molecule has 4 aromatic carbocycles. The van der Waals surface area contributed by atoms with Crippen LogP contribution in [-0.2, 0) is 21.6 Å². The number of nitrogens with one attached hydrogen (secondary N) is 2. The lowest BCUT2D eigenvalue weighted by molar-refractivity contribution is -0.155. The van der Waals surface area contributed by atoms with Gasteiger partial charge in [-0.2, -0.15) is 0 Å². The minimum Gasteiger partial charge on any atom is -0.506 e. The molecule has 0 spiro atoms. The lowest BCUT2D eigenvalue weighted by atomic mass is 9.86. The molecule has 5 aromatic rings. The summed E-state index contributed by atoms with van der Waals surface area (Å²) in [5.41, 5.74) is 0.449. The summed E-state index contributed by atoms with van der Waals surface area (Å²) in [4.78, 5) is 57.1. The third kappa shape index (κ3) is 9.33. The zero-order chi connectivity index (χ0) is 41.5. The first-order valence-corrected chi connectivity index (χ1v) is 20.2. The van der Waals surface area contributed by atoms with Gasteiger partial charge in [0.05, 0.1) is 18.2 Å². The second-order valence-corrected chi connectivity index (χ2v) is 15.5. The Morgan fingerprint density at radius 2 is 1.53 bits per heavy atom. The number of aromatic hydroxyl groups is 1. The van der Waals surface area contributed by atoms with E-state index in [-0.39, 0.29) is 52.6 Å². The van der Waals surface area contributed by atoms with Gasteiger partial charge in [0, 0.05) is 61.2 Å². The minimum atomic E-state index is -2.21. The topological polar surface area (TPSA) is 193 Å². The molecule has 2 amide bonds. The second kappa shape index (κ2) is 18.3. The SMILES string of the molecule is O=C(c1ccc(CCNC[C@H](O)c2ccc(O)c3[nH]c(=O)ccc23)cc1)N1CCC(C(=O)N2CCC(COc3cccc([C@](O)(C(=O)O)c4ccccc4)c3)CC2)CC1. The Hall–Kier alpha value is -6.02. The molecule has 0 saturated carbocycles. The van der Waals surface area contributed by atoms with Gasteiger partial charge in [0.15, 0.2) is 0 Å². The fourth-order valence-electron chi connectivity index (χ4n) is 8.15. The van der Waals surface area contributed by atoms with Crippen molar-refractivity contribution >= 4 is 28.7 Å². The number of nitrogens with zero attached hydrogens (tertiary/aromatic N) is 2. The van der Waals surface area contributed by atoms with Crippen molar-refractivity contribution in [2.45, 2.75) is 43.8 Å². The van der Waals surface area contributed by atoms with Crippen LogP contribution in [0.4, 0.5) is 0 Å². The van der Waals surface area contributed by atoms with Gasteiger partial charge in [0.2, 0.25) is 17.1 Å². The number of ether oxygens (including phenoxy) is 1. The highest BCUT2D eigenvalue weighted by Gasteiger charge is 2.40. The van der Waals surface area contributed by atoms with E-state index >= 15 is 0 Å². The van der Waals surface area contributed by atoms with Gasteiger partial charge in [-0.1, -0.05) is 60.7 Å². The molecule has 13 heteroatoms. The van der Waals surface area contributed by atoms with E-state index < -0.39 is 17.7 Å². The van der Waals surface area contributed by atoms with Gasteiger partial charge in [-0.3, -0.25) is 14.4 Å². The maximum absolute atomic E-state index is 13.5. The maximum atomic E-state index is 13.5. The van der Waals surface area contributed by atoms with Crippen molar-refractivity contribution < 1.29 is 39.5 Å². The maximum Gasteiger partial charge on any atom is 0.345 e. The van der Waals surface area contributed by atoms with Crippen LogP contribution < -0.4 is 15.6 Å². The first-order valence-electron chi connectivity index (χ1n) is 20.2. The van der Waals surface area contributed by atoms with Crippen LogP contribution in [0, 0.1) is 11.8 Å². The molecule has 308 valence electrons. The Balaban J connectivity index is 0.817. The zero-order valence-electron chi connectivity index (χ0n) is 32.8. The number of aromatic nitrogens is 1. The van der Waals surface area contributed by atoms with E-state index in [1.165, 1.54) is 12.1 Å². The van der Waals surface area contributed by atoms with Crippen molar-refractivity contribution in [1.29, 1.82) is 0 Å². The standard InChI is InChI=1S/C46H50N4O9/c51-39-15-13-37(38-14-16-41(53)48-42(38)39)40(52)28-47-22-17-30-9-11-32(12-10-30)43(54)50-25-20-33(21-26-50)44(55)49-23-18-31(19-24-49)29-59-36-8-4-7-35(27-36)46(58,45(56)57)34-5-2-1-3-6-34/h1-16,27,31,33,40,47,51-52,58H,17-26,28-29H2,(H,48,53)(H,56,57)/t40-,46-/m0/s1. The number of piperidine rings is 2. The molecule has 0 unspecified atom stereocenters. The third-order valence-corrected chi connectivity index (χ3v) is 11.7. The molecule has 59 heavy (non-hydrogen) atoms. The number of carboxylic acids is 1. The molecular formula is C46H50N4O9. The molecule has 2 saturated heterocycles. The van der Waals surface area contributed by atoms with Gasteiger partial charge in [0.25, 0.3) is 5.91 Å². The van der Waals surface area contributed by atoms with E-state index in [4.69, 9.17) is 4.74 Å². The summed E-state index contributed by atoms with van der Waals surface area (Å²) in [5, 5.41) is 45.9. The molecule has 2 atom stereocenters. The van der Waals surface area contributed by atoms with Crippen LogP contribution in [0.5, 0.6) is 11.5 Å². The monoisotopic (exact) mass is 802 g/mol. The van der Waals surface area contributed by atoms with E-state index in [1.807, 2.05) is 34.1 Å². The number of aliphatic carboxylic acids is 1. The number of benzene rings is 4. The lowest BCUT2D eigenvalue weighted by Gasteiger charge is -2.37. The molecule has 6 N–H and O–H groups in total. The predicted octanol–water partition coefficient (Wildman–Crippen LogP) is 4.59. The molecule has 13 nitrogen and oxygen atoms in total. The predicted molar refractivity (Wildman–Crippen MR) is 221 cm³/mol. The van der Waals surface area contributed by atoms with Crippen LogP contribution >= 0.6 is 0 Å². The number of aliphatic hydroxyl groups excluding tert-OH is 1. The number of carbonyl (C=O) groups is 3. The molecular weight excluding hydrogens is 753 g/mol. The largest absolute Gasteiger partial charge is 0.506 e. The van der Waals surface area contributed by atoms with Crippen molar-refractivity contribution in [3.8, 4) is 11.5 Å². The molecule has 1 aromatic heterocycles. The first-order chi connectivity index (χ1) is 28.5. The van der Waals surface area contributed by atoms with Crippen LogP contribution in [0.1, 0.15) is 64.4 Å². The Labute approximate surface area is 341 Å². The van der Waals surface area contributed by atoms with Gasteiger partial charge >= 0.3 is 5.97 Å². The smallest absolute Gasteiger partial charge is 0.345 e. The minimum absolute atomic E-state index is 0.0507. The van der Waals surface area contributed by atoms with E-state index in [1.54, 1.807) is 66.7 Å². The average molecular weight is 803 g/mol. The summed E-state index contributed by atoms with van der Waals surface area (Å²) in [6.07, 6.45) is 2.62. The van der Waals surface area contributed by atoms with Crippen molar-refractivity contribution in [3.05, 3.63) is 141 Å². The summed E-state index contributed by atoms with van der Waals surface area (Å²) in [5.74, 6) is -0.781. The highest BCUT2D eigenvalue weighted by molar-refractivity contribution is 5.94. The van der Waals surface area contributed by atoms with Crippen LogP contribution in [0.2, 0.25) is 0 Å². The molecule has 3 heterocycles. The van der Waals surface area contributed by atoms with E-state index in [0.29, 0.717) is 86.4 Å². The van der Waals surface area contributed by atoms with Crippen LogP contribution in [0.25, 0.3) is 10.9 Å². The fraction of sp³-hybridized carbons (Fsp3) is 0.348. The Morgan fingerprint density at radius 1 is 0.831 bits per heavy atom. The van der Waals surface area contributed by atoms with E-state index in [9.17, 15) is 39.6 Å². The average Bonchev–Trinajstić information content (AvgIpc) is 3.27. The number of amides is 2. The Morgan fingerprint density at radius 3 is 2.24 bits per heavy atom. The molecule has 2 aliphatic rings. The van der Waals surface area contributed by atoms with Crippen molar-refractivity contribution in [1.82, 2.24) is 20.1 Å². The molecule has 7 rings (SSSR count). The summed E-state index contributed by atoms with van der Waals surface area (Å²) in [6.45, 7) is 3.56. The number of carbonyl (C=O) groups excluding carboxylic acids is 2. The second-order valence-electron chi connectivity index (χ2n) is 15.5. The quantitative estimate of drug-likeness (QED) is 0.0866. The highest BCUT2D eigenvalue weighted by atomic mass is 16.5. The number of hydrogen-bond donors (Lipinski definition) is 6. The number of carboxylic acid groups (broad SMARTS) is 1. The number of aliphatic hydroxyl groups is 2. The van der Waals surface area contributed by atoms with Gasteiger partial charge in [0.1, 0.15) is 11.5 Å². The number of rotatable bonds is 14. The number of pyridine rings is 1. The Kier molecular flexibility index (Phi) is 12.7. The normalized spacial score (nSPS) is 16.7. The van der Waals surface area contributed by atoms with Gasteiger partial charge in [-0.05, 0) is 97.7 Å². The van der Waals surface area contributed by atoms with Gasteiger partial charge in [-0.15, -0.1) is 0 Å². The highest BCUT2D eigenvalue weighted by Crippen LogP contribution is 2.33. The zero-order valence-corrected chi connectivity index (χ0v) is 32.8. The number of aromatic amines is 1. The summed E-state index contributed by atoms with van der Waals surface area (Å²) in [6, 6.07) is 28.4. The van der Waals surface area contributed by atoms with Crippen LogP contribution in [-0.4, -0.2) is 98.9 Å². The number of likely N-dealkylation sites (tertiary alicyclic amines) is 2. The summed E-state index contributed by atoms with van der Waals surface area (Å²) in [7, 11) is 0. The fourth-order valence-corrected chi connectivity index (χ4v) is 8.15. The molecule has 0 radical (unpaired) electrons. The number of fused-ring (bicyclic) bond motifs is 1. The number of phenols is 1. The number of hydrogen-bond acceptors (Lipinski definition) is 9. The molecule has 0 bridgehead atoms. The van der Waals surface area contributed by atoms with Gasteiger partial charge < -0.3 is 45.3 Å². The van der Waals surface area contributed by atoms with E-state index in [0.717, 1.165) is 18.4 Å². The number of phenolic OH excluding ortho intramolecular Hbond substituents is 1. The van der Waals surface area contributed by atoms with Crippen LogP contribution in [0.15, 0.2) is 108 Å². The van der Waals surface area contributed by atoms with Gasteiger partial charge in [-0.25, -0.2) is 4.79 Å². The van der Waals surface area contributed by atoms with Crippen molar-refractivity contribution in [2.24, 2.45) is 11.8 Å². The molecule has 2 aliphatic heterocycles. The Bertz CT molecular complexity index is 2320. The summed E-state index contributed by atoms with van der Waals surface area (Å²) >= 11 is 0. The first kappa shape index (κ1) is 41.2. The van der Waals surface area contributed by atoms with E-state index in [2.05, 4.69) is 10.3 Å². The van der Waals surface area contributed by atoms with Crippen molar-refractivity contribution in [2.75, 3.05) is 45.9 Å². The summed E-state index contributed by atoms with van der Waals surface area (Å²) < 4.78 is 6.08. The molecule has 2 fully saturated rings. The van der Waals surface area contributed by atoms with Crippen LogP contribution in [0.3, 0.4) is 0 Å². The third-order valence-electron chi connectivity index (χ3n) is 11.7. The molecule has 0 aliphatic carbocycles.